The maximum absolute atomic E-state index is 13.6. The largest absolute Gasteiger partial charge is 0.328 e. The van der Waals surface area contributed by atoms with Crippen molar-refractivity contribution in [1.29, 1.82) is 0 Å². The van der Waals surface area contributed by atoms with Crippen molar-refractivity contribution in [2.24, 2.45) is 0 Å². The summed E-state index contributed by atoms with van der Waals surface area (Å²) in [6.45, 7) is 7.29. The molecule has 1 N–H and O–H groups in total. The number of piperidine rings is 1. The molecule has 2 heterocycles. The maximum atomic E-state index is 13.6. The number of imidazole rings is 1. The van der Waals surface area contributed by atoms with Gasteiger partial charge in [-0.05, 0) is 57.5 Å². The lowest BCUT2D eigenvalue weighted by Crippen LogP contribution is -2.41. The lowest BCUT2D eigenvalue weighted by Gasteiger charge is -2.37. The highest BCUT2D eigenvalue weighted by Crippen LogP contribution is 2.38. The van der Waals surface area contributed by atoms with Crippen LogP contribution in [0.4, 0.5) is 4.39 Å². The summed E-state index contributed by atoms with van der Waals surface area (Å²) >= 11 is 0. The Labute approximate surface area is 125 Å². The fraction of sp³-hybridized carbons (Fsp3) is 0.588. The van der Waals surface area contributed by atoms with E-state index in [-0.39, 0.29) is 11.2 Å². The first kappa shape index (κ1) is 14.5. The number of nitrogens with one attached hydrogen (secondary N) is 1. The Morgan fingerprint density at radius 2 is 2.05 bits per heavy atom. The van der Waals surface area contributed by atoms with E-state index >= 15 is 0 Å². The van der Waals surface area contributed by atoms with Crippen LogP contribution >= 0.6 is 0 Å². The van der Waals surface area contributed by atoms with Gasteiger partial charge in [-0.2, -0.15) is 0 Å². The Morgan fingerprint density at radius 3 is 2.71 bits per heavy atom. The number of hydrogen-bond acceptors (Lipinski definition) is 2. The van der Waals surface area contributed by atoms with E-state index in [4.69, 9.17) is 4.98 Å². The monoisotopic (exact) mass is 289 g/mol. The van der Waals surface area contributed by atoms with Crippen molar-refractivity contribution < 1.29 is 4.39 Å². The van der Waals surface area contributed by atoms with Crippen molar-refractivity contribution in [2.45, 2.75) is 51.5 Å². The van der Waals surface area contributed by atoms with Crippen LogP contribution in [-0.2, 0) is 12.0 Å². The number of rotatable bonds is 4. The zero-order chi connectivity index (χ0) is 14.9. The van der Waals surface area contributed by atoms with Crippen LogP contribution in [0.5, 0.6) is 0 Å². The third-order valence-electron chi connectivity index (χ3n) is 4.79. The first-order chi connectivity index (χ1) is 10.2. The summed E-state index contributed by atoms with van der Waals surface area (Å²) in [5.41, 5.74) is 2.00. The van der Waals surface area contributed by atoms with Crippen molar-refractivity contribution in [3.05, 3.63) is 29.8 Å². The lowest BCUT2D eigenvalue weighted by molar-refractivity contribution is 0.263. The predicted octanol–water partition coefficient (Wildman–Crippen LogP) is 3.62. The third kappa shape index (κ3) is 2.46. The number of halogens is 1. The van der Waals surface area contributed by atoms with E-state index < -0.39 is 0 Å². The third-order valence-corrected chi connectivity index (χ3v) is 4.79. The van der Waals surface area contributed by atoms with Gasteiger partial charge in [0.15, 0.2) is 0 Å². The normalized spacial score (nSPS) is 18.2. The number of fused-ring (bicyclic) bond motifs is 1. The molecule has 0 aliphatic carbocycles. The lowest BCUT2D eigenvalue weighted by atomic mass is 9.74. The highest BCUT2D eigenvalue weighted by atomic mass is 19.1. The standard InChI is InChI=1S/C17H24FN3/c1-3-7-17(8-10-19-11-9-17)16-20-14-6-5-13(18)12-15(14)21(16)4-2/h5-6,12,19H,3-4,7-11H2,1-2H3. The summed E-state index contributed by atoms with van der Waals surface area (Å²) in [4.78, 5) is 4.91. The van der Waals surface area contributed by atoms with Gasteiger partial charge < -0.3 is 9.88 Å². The average molecular weight is 289 g/mol. The van der Waals surface area contributed by atoms with Gasteiger partial charge in [0.25, 0.3) is 0 Å². The minimum atomic E-state index is -0.182. The van der Waals surface area contributed by atoms with Crippen LogP contribution < -0.4 is 5.32 Å². The molecule has 0 spiro atoms. The summed E-state index contributed by atoms with van der Waals surface area (Å²) in [5.74, 6) is 0.979. The molecule has 0 amide bonds. The molecule has 0 unspecified atom stereocenters. The van der Waals surface area contributed by atoms with Gasteiger partial charge in [-0.1, -0.05) is 13.3 Å². The van der Waals surface area contributed by atoms with E-state index in [1.165, 1.54) is 6.07 Å². The van der Waals surface area contributed by atoms with Gasteiger partial charge in [0.05, 0.1) is 11.0 Å². The molecule has 3 nitrogen and oxygen atoms in total. The maximum Gasteiger partial charge on any atom is 0.125 e. The minimum Gasteiger partial charge on any atom is -0.328 e. The summed E-state index contributed by atoms with van der Waals surface area (Å²) in [6, 6.07) is 4.94. The molecule has 0 atom stereocenters. The minimum absolute atomic E-state index is 0.144. The fourth-order valence-corrected chi connectivity index (χ4v) is 3.79. The molecule has 114 valence electrons. The summed E-state index contributed by atoms with van der Waals surface area (Å²) in [5, 5.41) is 3.45. The van der Waals surface area contributed by atoms with Gasteiger partial charge in [0.1, 0.15) is 11.6 Å². The molecule has 1 fully saturated rings. The van der Waals surface area contributed by atoms with Gasteiger partial charge in [0, 0.05) is 12.0 Å². The van der Waals surface area contributed by atoms with Crippen LogP contribution in [0, 0.1) is 5.82 Å². The molecule has 1 saturated heterocycles. The number of aromatic nitrogens is 2. The second-order valence-corrected chi connectivity index (χ2v) is 6.09. The van der Waals surface area contributed by atoms with Crippen LogP contribution in [0.25, 0.3) is 11.0 Å². The molecule has 1 aliphatic heterocycles. The number of benzene rings is 1. The Bertz CT molecular complexity index is 621. The predicted molar refractivity (Wildman–Crippen MR) is 84.1 cm³/mol. The van der Waals surface area contributed by atoms with E-state index in [1.807, 2.05) is 0 Å². The molecule has 3 rings (SSSR count). The SMILES string of the molecule is CCCC1(c2nc3ccc(F)cc3n2CC)CCNCC1. The Kier molecular flexibility index (Phi) is 3.98. The van der Waals surface area contributed by atoms with E-state index in [1.54, 1.807) is 12.1 Å². The van der Waals surface area contributed by atoms with Crippen LogP contribution in [0.2, 0.25) is 0 Å². The summed E-state index contributed by atoms with van der Waals surface area (Å²) in [7, 11) is 0. The molecule has 21 heavy (non-hydrogen) atoms. The zero-order valence-electron chi connectivity index (χ0n) is 13.0. The molecule has 1 aromatic carbocycles. The topological polar surface area (TPSA) is 29.9 Å². The van der Waals surface area contributed by atoms with Crippen LogP contribution in [0.3, 0.4) is 0 Å². The molecule has 0 saturated carbocycles. The van der Waals surface area contributed by atoms with Crippen LogP contribution in [0.1, 0.15) is 45.4 Å². The van der Waals surface area contributed by atoms with Gasteiger partial charge in [0.2, 0.25) is 0 Å². The van der Waals surface area contributed by atoms with E-state index in [0.717, 1.165) is 62.2 Å². The van der Waals surface area contributed by atoms with E-state index in [0.29, 0.717) is 0 Å². The summed E-state index contributed by atoms with van der Waals surface area (Å²) < 4.78 is 15.8. The van der Waals surface area contributed by atoms with Crippen molar-refractivity contribution in [2.75, 3.05) is 13.1 Å². The zero-order valence-corrected chi connectivity index (χ0v) is 13.0. The quantitative estimate of drug-likeness (QED) is 0.931. The first-order valence-electron chi connectivity index (χ1n) is 8.07. The Balaban J connectivity index is 2.16. The molecule has 0 radical (unpaired) electrons. The smallest absolute Gasteiger partial charge is 0.125 e. The van der Waals surface area contributed by atoms with Crippen molar-refractivity contribution in [3.8, 4) is 0 Å². The Morgan fingerprint density at radius 1 is 1.29 bits per heavy atom. The van der Waals surface area contributed by atoms with Gasteiger partial charge in [-0.25, -0.2) is 9.37 Å². The van der Waals surface area contributed by atoms with Crippen molar-refractivity contribution in [3.63, 3.8) is 0 Å². The first-order valence-corrected chi connectivity index (χ1v) is 8.07. The average Bonchev–Trinajstić information content (AvgIpc) is 2.87. The molecule has 2 aromatic rings. The number of hydrogen-bond donors (Lipinski definition) is 1. The molecule has 1 aromatic heterocycles. The molecule has 4 heteroatoms. The molecular formula is C17H24FN3. The highest BCUT2D eigenvalue weighted by molar-refractivity contribution is 5.76. The van der Waals surface area contributed by atoms with Gasteiger partial charge >= 0.3 is 0 Å². The van der Waals surface area contributed by atoms with Gasteiger partial charge in [-0.3, -0.25) is 0 Å². The molecule has 1 aliphatic rings. The van der Waals surface area contributed by atoms with Crippen LogP contribution in [0.15, 0.2) is 18.2 Å². The number of nitrogens with zero attached hydrogens (tertiary/aromatic N) is 2. The number of aryl methyl sites for hydroxylation is 1. The molecule has 0 bridgehead atoms. The van der Waals surface area contributed by atoms with Gasteiger partial charge in [-0.15, -0.1) is 0 Å². The van der Waals surface area contributed by atoms with Crippen molar-refractivity contribution in [1.82, 2.24) is 14.9 Å². The summed E-state index contributed by atoms with van der Waals surface area (Å²) in [6.07, 6.45) is 4.54. The Hall–Kier alpha value is -1.42. The second kappa shape index (κ2) is 5.76. The van der Waals surface area contributed by atoms with E-state index in [2.05, 4.69) is 23.7 Å². The fourth-order valence-electron chi connectivity index (χ4n) is 3.79. The molecular weight excluding hydrogens is 265 g/mol. The van der Waals surface area contributed by atoms with Crippen LogP contribution in [-0.4, -0.2) is 22.6 Å². The highest BCUT2D eigenvalue weighted by Gasteiger charge is 2.37. The van der Waals surface area contributed by atoms with Crippen molar-refractivity contribution >= 4 is 11.0 Å². The second-order valence-electron chi connectivity index (χ2n) is 6.09. The van der Waals surface area contributed by atoms with E-state index in [9.17, 15) is 4.39 Å².